The van der Waals surface area contributed by atoms with E-state index in [2.05, 4.69) is 25.2 Å². The Morgan fingerprint density at radius 1 is 1.10 bits per heavy atom. The summed E-state index contributed by atoms with van der Waals surface area (Å²) < 4.78 is 5.35. The average Bonchev–Trinajstić information content (AvgIpc) is 2.54. The minimum atomic E-state index is 0.248. The number of ether oxygens (including phenoxy) is 1. The third kappa shape index (κ3) is 4.17. The summed E-state index contributed by atoms with van der Waals surface area (Å²) in [5.74, 6) is 1.95. The van der Waals surface area contributed by atoms with Crippen LogP contribution in [0.4, 0.5) is 11.9 Å². The Morgan fingerprint density at radius 2 is 1.86 bits per heavy atom. The first-order valence-corrected chi connectivity index (χ1v) is 8.17. The zero-order valence-electron chi connectivity index (χ0n) is 12.2. The molecule has 0 radical (unpaired) electrons. The molecule has 0 amide bonds. The van der Waals surface area contributed by atoms with Gasteiger partial charge in [-0.15, -0.1) is 0 Å². The molecule has 0 bridgehead atoms. The van der Waals surface area contributed by atoms with Crippen LogP contribution in [-0.2, 0) is 4.74 Å². The van der Waals surface area contributed by atoms with Crippen LogP contribution in [0.25, 0.3) is 0 Å². The normalized spacial score (nSPS) is 20.5. The van der Waals surface area contributed by atoms with Crippen LogP contribution >= 0.6 is 11.6 Å². The zero-order valence-corrected chi connectivity index (χ0v) is 13.0. The Balaban J connectivity index is 1.62. The highest BCUT2D eigenvalue weighted by Gasteiger charge is 2.17. The lowest BCUT2D eigenvalue weighted by atomic mass is 9.89. The van der Waals surface area contributed by atoms with Gasteiger partial charge in [-0.3, -0.25) is 0 Å². The third-order valence-corrected chi connectivity index (χ3v) is 4.33. The molecule has 2 aliphatic rings. The van der Waals surface area contributed by atoms with Crippen LogP contribution in [0.3, 0.4) is 0 Å². The Morgan fingerprint density at radius 3 is 2.62 bits per heavy atom. The zero-order chi connectivity index (χ0) is 14.5. The van der Waals surface area contributed by atoms with Gasteiger partial charge in [0.15, 0.2) is 0 Å². The highest BCUT2D eigenvalue weighted by Crippen LogP contribution is 2.24. The quantitative estimate of drug-likeness (QED) is 0.921. The molecule has 116 valence electrons. The molecule has 1 saturated heterocycles. The molecule has 0 atom stereocenters. The number of hydrogen-bond donors (Lipinski definition) is 1. The summed E-state index contributed by atoms with van der Waals surface area (Å²) >= 11 is 6.03. The van der Waals surface area contributed by atoms with Gasteiger partial charge in [-0.1, -0.05) is 19.3 Å². The van der Waals surface area contributed by atoms with E-state index in [1.807, 2.05) is 0 Å². The Hall–Kier alpha value is -1.14. The number of nitrogens with zero attached hydrogens (tertiary/aromatic N) is 4. The van der Waals surface area contributed by atoms with Crippen molar-refractivity contribution < 1.29 is 4.74 Å². The van der Waals surface area contributed by atoms with E-state index in [0.29, 0.717) is 25.1 Å². The smallest absolute Gasteiger partial charge is 0.231 e. The summed E-state index contributed by atoms with van der Waals surface area (Å²) in [5, 5.41) is 3.58. The molecule has 0 spiro atoms. The van der Waals surface area contributed by atoms with Crippen molar-refractivity contribution in [3.63, 3.8) is 0 Å². The largest absolute Gasteiger partial charge is 0.378 e. The fraction of sp³-hybridized carbons (Fsp3) is 0.786. The molecule has 2 heterocycles. The molecule has 7 heteroatoms. The molecular formula is C14H22ClN5O. The minimum absolute atomic E-state index is 0.248. The van der Waals surface area contributed by atoms with Gasteiger partial charge in [-0.2, -0.15) is 15.0 Å². The number of nitrogens with one attached hydrogen (secondary N) is 1. The van der Waals surface area contributed by atoms with Crippen molar-refractivity contribution in [2.24, 2.45) is 5.92 Å². The van der Waals surface area contributed by atoms with Crippen molar-refractivity contribution in [3.8, 4) is 0 Å². The van der Waals surface area contributed by atoms with E-state index in [1.54, 1.807) is 0 Å². The van der Waals surface area contributed by atoms with E-state index in [4.69, 9.17) is 16.3 Å². The van der Waals surface area contributed by atoms with E-state index in [0.717, 1.165) is 25.6 Å². The SMILES string of the molecule is Clc1nc(NCC2CCCCC2)nc(N2CCOCC2)n1. The lowest BCUT2D eigenvalue weighted by Crippen LogP contribution is -2.37. The van der Waals surface area contributed by atoms with Crippen LogP contribution in [0.2, 0.25) is 5.28 Å². The molecule has 1 N–H and O–H groups in total. The Labute approximate surface area is 130 Å². The maximum absolute atomic E-state index is 6.03. The number of morpholine rings is 1. The number of aromatic nitrogens is 3. The molecular weight excluding hydrogens is 290 g/mol. The van der Waals surface area contributed by atoms with E-state index >= 15 is 0 Å². The van der Waals surface area contributed by atoms with E-state index in [9.17, 15) is 0 Å². The summed E-state index contributed by atoms with van der Waals surface area (Å²) in [7, 11) is 0. The van der Waals surface area contributed by atoms with Crippen molar-refractivity contribution in [2.75, 3.05) is 43.1 Å². The van der Waals surface area contributed by atoms with E-state index in [1.165, 1.54) is 32.1 Å². The van der Waals surface area contributed by atoms with Crippen LogP contribution in [0.1, 0.15) is 32.1 Å². The lowest BCUT2D eigenvalue weighted by Gasteiger charge is -2.27. The highest BCUT2D eigenvalue weighted by molar-refractivity contribution is 6.28. The van der Waals surface area contributed by atoms with E-state index < -0.39 is 0 Å². The number of hydrogen-bond acceptors (Lipinski definition) is 6. The van der Waals surface area contributed by atoms with Gasteiger partial charge in [-0.25, -0.2) is 0 Å². The monoisotopic (exact) mass is 311 g/mol. The fourth-order valence-corrected chi connectivity index (χ4v) is 3.11. The van der Waals surface area contributed by atoms with Crippen molar-refractivity contribution in [1.29, 1.82) is 0 Å². The van der Waals surface area contributed by atoms with Crippen LogP contribution in [-0.4, -0.2) is 47.8 Å². The number of rotatable bonds is 4. The van der Waals surface area contributed by atoms with Gasteiger partial charge in [0.1, 0.15) is 0 Å². The van der Waals surface area contributed by atoms with Crippen LogP contribution in [0, 0.1) is 5.92 Å². The van der Waals surface area contributed by atoms with Crippen LogP contribution in [0.15, 0.2) is 0 Å². The predicted octanol–water partition coefficient (Wildman–Crippen LogP) is 2.35. The van der Waals surface area contributed by atoms with Gasteiger partial charge in [0.2, 0.25) is 17.2 Å². The predicted molar refractivity (Wildman–Crippen MR) is 82.9 cm³/mol. The standard InChI is InChI=1S/C14H22ClN5O/c15-12-17-13(16-10-11-4-2-1-3-5-11)19-14(18-12)20-6-8-21-9-7-20/h11H,1-10H2,(H,16,17,18,19). The second-order valence-electron chi connectivity index (χ2n) is 5.71. The second-order valence-corrected chi connectivity index (χ2v) is 6.05. The van der Waals surface area contributed by atoms with E-state index in [-0.39, 0.29) is 5.28 Å². The molecule has 21 heavy (non-hydrogen) atoms. The molecule has 1 aliphatic heterocycles. The van der Waals surface area contributed by atoms with Crippen molar-refractivity contribution in [3.05, 3.63) is 5.28 Å². The molecule has 1 aromatic rings. The summed E-state index contributed by atoms with van der Waals surface area (Å²) in [4.78, 5) is 15.0. The summed E-state index contributed by atoms with van der Waals surface area (Å²) in [6.07, 6.45) is 6.63. The summed E-state index contributed by atoms with van der Waals surface area (Å²) in [5.41, 5.74) is 0. The average molecular weight is 312 g/mol. The summed E-state index contributed by atoms with van der Waals surface area (Å²) in [6, 6.07) is 0. The molecule has 1 saturated carbocycles. The Kier molecular flexibility index (Phi) is 5.08. The molecule has 1 aliphatic carbocycles. The number of halogens is 1. The first-order valence-electron chi connectivity index (χ1n) is 7.79. The topological polar surface area (TPSA) is 63.2 Å². The van der Waals surface area contributed by atoms with Crippen molar-refractivity contribution in [1.82, 2.24) is 15.0 Å². The third-order valence-electron chi connectivity index (χ3n) is 4.16. The Bertz CT molecular complexity index is 461. The van der Waals surface area contributed by atoms with Gasteiger partial charge in [0.25, 0.3) is 0 Å². The minimum Gasteiger partial charge on any atom is -0.378 e. The van der Waals surface area contributed by atoms with Gasteiger partial charge in [0, 0.05) is 19.6 Å². The molecule has 0 unspecified atom stereocenters. The first kappa shape index (κ1) is 14.8. The maximum atomic E-state index is 6.03. The molecule has 0 aromatic carbocycles. The summed E-state index contributed by atoms with van der Waals surface area (Å²) in [6.45, 7) is 3.91. The van der Waals surface area contributed by atoms with Crippen molar-refractivity contribution >= 4 is 23.5 Å². The van der Waals surface area contributed by atoms with Gasteiger partial charge >= 0.3 is 0 Å². The fourth-order valence-electron chi connectivity index (χ4n) is 2.95. The van der Waals surface area contributed by atoms with Gasteiger partial charge < -0.3 is 15.0 Å². The molecule has 2 fully saturated rings. The second kappa shape index (κ2) is 7.22. The molecule has 6 nitrogen and oxygen atoms in total. The molecule has 1 aromatic heterocycles. The lowest BCUT2D eigenvalue weighted by molar-refractivity contribution is 0.122. The van der Waals surface area contributed by atoms with Gasteiger partial charge in [0.05, 0.1) is 13.2 Å². The number of anilines is 2. The molecule has 3 rings (SSSR count). The maximum Gasteiger partial charge on any atom is 0.231 e. The van der Waals surface area contributed by atoms with Gasteiger partial charge in [-0.05, 0) is 30.4 Å². The van der Waals surface area contributed by atoms with Crippen LogP contribution < -0.4 is 10.2 Å². The highest BCUT2D eigenvalue weighted by atomic mass is 35.5. The van der Waals surface area contributed by atoms with Crippen LogP contribution in [0.5, 0.6) is 0 Å². The first-order chi connectivity index (χ1) is 10.3. The van der Waals surface area contributed by atoms with Crippen molar-refractivity contribution in [2.45, 2.75) is 32.1 Å².